The maximum atomic E-state index is 13.4. The molecule has 0 saturated carbocycles. The summed E-state index contributed by atoms with van der Waals surface area (Å²) >= 11 is 3.44. The molecule has 1 unspecified atom stereocenters. The molecule has 3 aromatic carbocycles. The van der Waals surface area contributed by atoms with E-state index < -0.39 is 17.7 Å². The third-order valence-corrected chi connectivity index (χ3v) is 7.20. The fourth-order valence-electron chi connectivity index (χ4n) is 4.44. The fourth-order valence-corrected chi connectivity index (χ4v) is 4.98. The number of methoxy groups -OCH3 is 1. The number of halogens is 1. The molecule has 1 amide bonds. The van der Waals surface area contributed by atoms with Crippen LogP contribution in [0, 0.1) is 0 Å². The van der Waals surface area contributed by atoms with E-state index in [9.17, 15) is 14.7 Å². The molecule has 1 fully saturated rings. The molecule has 4 rings (SSSR count). The predicted octanol–water partition coefficient (Wildman–Crippen LogP) is 6.94. The van der Waals surface area contributed by atoms with Crippen molar-refractivity contribution in [1.29, 1.82) is 0 Å². The van der Waals surface area contributed by atoms with E-state index in [2.05, 4.69) is 43.6 Å². The third kappa shape index (κ3) is 4.70. The fraction of sp³-hybridized carbons (Fsp3) is 0.267. The highest BCUT2D eigenvalue weighted by atomic mass is 79.9. The molecule has 1 saturated heterocycles. The quantitative estimate of drug-likeness (QED) is 0.213. The number of amides is 1. The van der Waals surface area contributed by atoms with Crippen LogP contribution in [0.25, 0.3) is 5.76 Å². The van der Waals surface area contributed by atoms with Crippen molar-refractivity contribution in [3.63, 3.8) is 0 Å². The molecule has 0 aromatic heterocycles. The third-order valence-electron chi connectivity index (χ3n) is 6.58. The van der Waals surface area contributed by atoms with Crippen LogP contribution in [-0.4, -0.2) is 23.9 Å². The van der Waals surface area contributed by atoms with Crippen LogP contribution in [0.4, 0.5) is 5.69 Å². The Morgan fingerprint density at radius 1 is 1.00 bits per heavy atom. The second-order valence-electron chi connectivity index (χ2n) is 9.91. The zero-order chi connectivity index (χ0) is 26.2. The molecule has 0 radical (unpaired) electrons. The Labute approximate surface area is 220 Å². The number of hydrogen-bond acceptors (Lipinski definition) is 4. The lowest BCUT2D eigenvalue weighted by Crippen LogP contribution is -2.29. The highest BCUT2D eigenvalue weighted by Gasteiger charge is 2.47. The van der Waals surface area contributed by atoms with Crippen LogP contribution in [0.2, 0.25) is 0 Å². The van der Waals surface area contributed by atoms with Gasteiger partial charge in [-0.1, -0.05) is 64.1 Å². The molecule has 1 heterocycles. The van der Waals surface area contributed by atoms with Gasteiger partial charge in [0.25, 0.3) is 11.7 Å². The number of rotatable bonds is 5. The number of ether oxygens (including phenoxy) is 1. The van der Waals surface area contributed by atoms with Crippen molar-refractivity contribution in [3.8, 4) is 5.75 Å². The first-order valence-corrected chi connectivity index (χ1v) is 12.7. The number of aliphatic hydroxyl groups excluding tert-OH is 1. The number of aliphatic hydroxyl groups is 1. The Bertz CT molecular complexity index is 1330. The largest absolute Gasteiger partial charge is 0.507 e. The number of carbonyl (C=O) groups excluding carboxylic acids is 2. The molecule has 0 bridgehead atoms. The van der Waals surface area contributed by atoms with Crippen LogP contribution < -0.4 is 9.64 Å². The molecule has 1 aliphatic rings. The predicted molar refractivity (Wildman–Crippen MR) is 146 cm³/mol. The average Bonchev–Trinajstić information content (AvgIpc) is 3.13. The Hall–Kier alpha value is -3.38. The summed E-state index contributed by atoms with van der Waals surface area (Å²) in [5.74, 6) is -1.02. The summed E-state index contributed by atoms with van der Waals surface area (Å²) in [6.45, 7) is 8.43. The SMILES string of the molecule is CCc1ccc(C2/C(=C(/O)c3ccc(OC)c(Br)c3)C(=O)C(=O)N2c2ccc(C(C)(C)C)cc2)cc1. The van der Waals surface area contributed by atoms with Gasteiger partial charge in [-0.15, -0.1) is 0 Å². The molecule has 1 aliphatic heterocycles. The van der Waals surface area contributed by atoms with Crippen LogP contribution in [0.15, 0.2) is 76.8 Å². The van der Waals surface area contributed by atoms with Crippen molar-refractivity contribution < 1.29 is 19.4 Å². The zero-order valence-corrected chi connectivity index (χ0v) is 22.7. The average molecular weight is 548 g/mol. The minimum atomic E-state index is -0.766. The Morgan fingerprint density at radius 3 is 2.17 bits per heavy atom. The molecular formula is C30H30BrNO4. The molecule has 0 spiro atoms. The first-order valence-electron chi connectivity index (χ1n) is 11.9. The number of nitrogens with zero attached hydrogens (tertiary/aromatic N) is 1. The molecule has 186 valence electrons. The van der Waals surface area contributed by atoms with E-state index in [-0.39, 0.29) is 16.7 Å². The van der Waals surface area contributed by atoms with Crippen molar-refractivity contribution in [1.82, 2.24) is 0 Å². The molecule has 1 atom stereocenters. The summed E-state index contributed by atoms with van der Waals surface area (Å²) in [5.41, 5.74) is 4.04. The minimum Gasteiger partial charge on any atom is -0.507 e. The second-order valence-corrected chi connectivity index (χ2v) is 10.8. The lowest BCUT2D eigenvalue weighted by molar-refractivity contribution is -0.132. The highest BCUT2D eigenvalue weighted by molar-refractivity contribution is 9.10. The smallest absolute Gasteiger partial charge is 0.300 e. The van der Waals surface area contributed by atoms with Gasteiger partial charge in [-0.05, 0) is 74.8 Å². The summed E-state index contributed by atoms with van der Waals surface area (Å²) in [6.07, 6.45) is 0.870. The van der Waals surface area contributed by atoms with Gasteiger partial charge in [0.2, 0.25) is 0 Å². The number of anilines is 1. The summed E-state index contributed by atoms with van der Waals surface area (Å²) in [5, 5.41) is 11.4. The van der Waals surface area contributed by atoms with Gasteiger partial charge in [0.15, 0.2) is 0 Å². The number of hydrogen-bond donors (Lipinski definition) is 1. The molecule has 5 nitrogen and oxygen atoms in total. The van der Waals surface area contributed by atoms with E-state index >= 15 is 0 Å². The summed E-state index contributed by atoms with van der Waals surface area (Å²) in [7, 11) is 1.55. The number of Topliss-reactive ketones (excluding diaryl/α,β-unsaturated/α-hetero) is 1. The van der Waals surface area contributed by atoms with E-state index in [4.69, 9.17) is 4.74 Å². The van der Waals surface area contributed by atoms with Gasteiger partial charge in [-0.3, -0.25) is 14.5 Å². The van der Waals surface area contributed by atoms with Crippen LogP contribution >= 0.6 is 15.9 Å². The summed E-state index contributed by atoms with van der Waals surface area (Å²) in [6, 6.07) is 19.8. The van der Waals surface area contributed by atoms with Gasteiger partial charge in [-0.2, -0.15) is 0 Å². The standard InChI is InChI=1S/C30H30BrNO4/c1-6-18-7-9-19(10-8-18)26-25(27(33)20-11-16-24(36-5)23(31)17-20)28(34)29(35)32(26)22-14-12-21(13-15-22)30(2,3)4/h7-17,26,33H,6H2,1-5H3/b27-25-. The molecular weight excluding hydrogens is 518 g/mol. The van der Waals surface area contributed by atoms with E-state index in [1.54, 1.807) is 25.3 Å². The Balaban J connectivity index is 1.90. The van der Waals surface area contributed by atoms with Gasteiger partial charge >= 0.3 is 0 Å². The van der Waals surface area contributed by atoms with Crippen molar-refractivity contribution in [2.45, 2.75) is 45.6 Å². The Morgan fingerprint density at radius 2 is 1.64 bits per heavy atom. The van der Waals surface area contributed by atoms with Crippen LogP contribution in [0.3, 0.4) is 0 Å². The lowest BCUT2D eigenvalue weighted by Gasteiger charge is -2.27. The molecule has 1 N–H and O–H groups in total. The van der Waals surface area contributed by atoms with Crippen molar-refractivity contribution in [3.05, 3.63) is 99.0 Å². The maximum Gasteiger partial charge on any atom is 0.300 e. The number of ketones is 1. The lowest BCUT2D eigenvalue weighted by atomic mass is 9.87. The topological polar surface area (TPSA) is 66.8 Å². The van der Waals surface area contributed by atoms with E-state index in [0.717, 1.165) is 23.1 Å². The van der Waals surface area contributed by atoms with Gasteiger partial charge < -0.3 is 9.84 Å². The second kappa shape index (κ2) is 9.94. The van der Waals surface area contributed by atoms with Crippen LogP contribution in [0.1, 0.15) is 56.0 Å². The Kier molecular flexibility index (Phi) is 7.10. The number of benzene rings is 3. The molecule has 3 aromatic rings. The molecule has 0 aliphatic carbocycles. The maximum absolute atomic E-state index is 13.4. The van der Waals surface area contributed by atoms with Gasteiger partial charge in [0.05, 0.1) is 23.2 Å². The first-order chi connectivity index (χ1) is 17.1. The van der Waals surface area contributed by atoms with Gasteiger partial charge in [-0.25, -0.2) is 0 Å². The van der Waals surface area contributed by atoms with Crippen molar-refractivity contribution >= 4 is 39.1 Å². The van der Waals surface area contributed by atoms with E-state index in [1.165, 1.54) is 4.90 Å². The van der Waals surface area contributed by atoms with E-state index in [1.807, 2.05) is 48.5 Å². The number of aryl methyl sites for hydroxylation is 1. The van der Waals surface area contributed by atoms with Crippen molar-refractivity contribution in [2.75, 3.05) is 12.0 Å². The van der Waals surface area contributed by atoms with Gasteiger partial charge in [0.1, 0.15) is 11.5 Å². The number of carbonyl (C=O) groups is 2. The monoisotopic (exact) mass is 547 g/mol. The minimum absolute atomic E-state index is 0.0517. The van der Waals surface area contributed by atoms with Gasteiger partial charge in [0, 0.05) is 11.3 Å². The first kappa shape index (κ1) is 25.7. The van der Waals surface area contributed by atoms with Crippen LogP contribution in [-0.2, 0) is 21.4 Å². The normalized spacial score (nSPS) is 17.5. The molecule has 6 heteroatoms. The molecule has 36 heavy (non-hydrogen) atoms. The van der Waals surface area contributed by atoms with Crippen LogP contribution in [0.5, 0.6) is 5.75 Å². The van der Waals surface area contributed by atoms with E-state index in [0.29, 0.717) is 21.5 Å². The summed E-state index contributed by atoms with van der Waals surface area (Å²) in [4.78, 5) is 28.3. The zero-order valence-electron chi connectivity index (χ0n) is 21.1. The highest BCUT2D eigenvalue weighted by Crippen LogP contribution is 2.43. The summed E-state index contributed by atoms with van der Waals surface area (Å²) < 4.78 is 5.92. The van der Waals surface area contributed by atoms with Crippen molar-refractivity contribution in [2.24, 2.45) is 0 Å².